The van der Waals surface area contributed by atoms with E-state index in [1.165, 1.54) is 22.9 Å². The van der Waals surface area contributed by atoms with E-state index in [1.807, 2.05) is 0 Å². The van der Waals surface area contributed by atoms with Gasteiger partial charge in [-0.25, -0.2) is 4.79 Å². The summed E-state index contributed by atoms with van der Waals surface area (Å²) < 4.78 is 1.22. The number of carbonyl (C=O) groups is 2. The number of carboxylic acids is 1. The summed E-state index contributed by atoms with van der Waals surface area (Å²) in [4.78, 5) is 35.8. The molecule has 29 heavy (non-hydrogen) atoms. The molecule has 1 aliphatic rings. The van der Waals surface area contributed by atoms with Gasteiger partial charge in [-0.3, -0.25) is 14.9 Å². The van der Waals surface area contributed by atoms with Crippen LogP contribution >= 0.6 is 0 Å². The number of ketones is 1. The fourth-order valence-electron chi connectivity index (χ4n) is 3.16. The number of tetrazole rings is 1. The van der Waals surface area contributed by atoms with Gasteiger partial charge in [-0.15, -0.1) is 0 Å². The van der Waals surface area contributed by atoms with Gasteiger partial charge in [-0.2, -0.15) is 4.68 Å². The molecule has 0 aliphatic carbocycles. The van der Waals surface area contributed by atoms with E-state index < -0.39 is 28.4 Å². The molecule has 2 N–H and O–H groups in total. The molecule has 1 atom stereocenters. The van der Waals surface area contributed by atoms with Crippen LogP contribution in [0.5, 0.6) is 0 Å². The number of Topliss-reactive ketones (excluding diaryl/α,β-unsaturated/α-hetero) is 1. The maximum absolute atomic E-state index is 13.3. The third-order valence-electron chi connectivity index (χ3n) is 4.41. The molecule has 0 spiro atoms. The number of hydrogen-bond donors (Lipinski definition) is 2. The molecule has 1 aliphatic heterocycles. The standard InChI is InChI=1S/C18H12N6O5/c25-16(10-5-2-1-3-6-10)13-14(17(26)27)19-18-20-21-22-23(18)15(13)11-7-4-8-12(9-11)24(28)29/h1-9,15H,(H,26,27)(H,19,20,22)/t15-/m0/s1. The monoisotopic (exact) mass is 392 g/mol. The van der Waals surface area contributed by atoms with Crippen LogP contribution in [0.25, 0.3) is 0 Å². The maximum atomic E-state index is 13.3. The van der Waals surface area contributed by atoms with Crippen molar-refractivity contribution in [1.82, 2.24) is 20.2 Å². The average Bonchev–Trinajstić information content (AvgIpc) is 3.21. The predicted molar refractivity (Wildman–Crippen MR) is 98.1 cm³/mol. The van der Waals surface area contributed by atoms with Gasteiger partial charge in [0.1, 0.15) is 11.7 Å². The highest BCUT2D eigenvalue weighted by Gasteiger charge is 2.38. The number of nitrogens with zero attached hydrogens (tertiary/aromatic N) is 5. The molecular formula is C18H12N6O5. The fourth-order valence-corrected chi connectivity index (χ4v) is 3.16. The minimum absolute atomic E-state index is 0.00326. The predicted octanol–water partition coefficient (Wildman–Crippen LogP) is 1.82. The van der Waals surface area contributed by atoms with Gasteiger partial charge in [-0.05, 0) is 16.0 Å². The van der Waals surface area contributed by atoms with E-state index in [4.69, 9.17) is 0 Å². The van der Waals surface area contributed by atoms with Crippen molar-refractivity contribution in [2.75, 3.05) is 5.32 Å². The summed E-state index contributed by atoms with van der Waals surface area (Å²) in [6.07, 6.45) is 0. The van der Waals surface area contributed by atoms with Crippen molar-refractivity contribution in [2.24, 2.45) is 0 Å². The first-order valence-corrected chi connectivity index (χ1v) is 8.34. The molecule has 0 amide bonds. The van der Waals surface area contributed by atoms with Crippen LogP contribution < -0.4 is 5.32 Å². The molecular weight excluding hydrogens is 380 g/mol. The van der Waals surface area contributed by atoms with Gasteiger partial charge in [0.05, 0.1) is 10.5 Å². The van der Waals surface area contributed by atoms with Gasteiger partial charge in [0.2, 0.25) is 5.95 Å². The van der Waals surface area contributed by atoms with E-state index in [2.05, 4.69) is 20.8 Å². The molecule has 2 aromatic carbocycles. The summed E-state index contributed by atoms with van der Waals surface area (Å²) in [5, 5.41) is 34.6. The third-order valence-corrected chi connectivity index (χ3v) is 4.41. The number of fused-ring (bicyclic) bond motifs is 1. The maximum Gasteiger partial charge on any atom is 0.352 e. The lowest BCUT2D eigenvalue weighted by Gasteiger charge is -2.27. The van der Waals surface area contributed by atoms with Crippen molar-refractivity contribution < 1.29 is 19.6 Å². The van der Waals surface area contributed by atoms with Gasteiger partial charge in [0.15, 0.2) is 5.78 Å². The number of nitrogens with one attached hydrogen (secondary N) is 1. The van der Waals surface area contributed by atoms with E-state index in [-0.39, 0.29) is 22.8 Å². The van der Waals surface area contributed by atoms with E-state index in [0.717, 1.165) is 0 Å². The van der Waals surface area contributed by atoms with E-state index >= 15 is 0 Å². The molecule has 0 unspecified atom stereocenters. The number of carbonyl (C=O) groups excluding carboxylic acids is 1. The molecule has 1 aromatic heterocycles. The average molecular weight is 392 g/mol. The van der Waals surface area contributed by atoms with Crippen molar-refractivity contribution in [3.63, 3.8) is 0 Å². The quantitative estimate of drug-likeness (QED) is 0.376. The number of anilines is 1. The molecule has 3 aromatic rings. The Hall–Kier alpha value is -4.41. The highest BCUT2D eigenvalue weighted by atomic mass is 16.6. The second kappa shape index (κ2) is 6.96. The number of aliphatic carboxylic acids is 1. The number of allylic oxidation sites excluding steroid dienone is 1. The van der Waals surface area contributed by atoms with Crippen LogP contribution in [0.3, 0.4) is 0 Å². The van der Waals surface area contributed by atoms with Crippen LogP contribution in [-0.2, 0) is 4.79 Å². The van der Waals surface area contributed by atoms with Gasteiger partial charge < -0.3 is 10.4 Å². The molecule has 11 heteroatoms. The van der Waals surface area contributed by atoms with Crippen molar-refractivity contribution in [2.45, 2.75) is 6.04 Å². The summed E-state index contributed by atoms with van der Waals surface area (Å²) >= 11 is 0. The van der Waals surface area contributed by atoms with Crippen LogP contribution in [0, 0.1) is 10.1 Å². The number of nitro groups is 1. The van der Waals surface area contributed by atoms with Gasteiger partial charge >= 0.3 is 5.97 Å². The summed E-state index contributed by atoms with van der Waals surface area (Å²) in [5.74, 6) is -1.94. The SMILES string of the molecule is O=C(O)C1=C(C(=O)c2ccccc2)[C@H](c2cccc([N+](=O)[O-])c2)n2nnnc2N1. The summed E-state index contributed by atoms with van der Waals surface area (Å²) in [5.41, 5.74) is -0.178. The molecule has 0 saturated heterocycles. The van der Waals surface area contributed by atoms with Crippen LogP contribution in [-0.4, -0.2) is 42.0 Å². The van der Waals surface area contributed by atoms with Crippen LogP contribution in [0.15, 0.2) is 65.9 Å². The van der Waals surface area contributed by atoms with Crippen molar-refractivity contribution in [3.8, 4) is 0 Å². The topological polar surface area (TPSA) is 153 Å². The van der Waals surface area contributed by atoms with Crippen LogP contribution in [0.1, 0.15) is 22.0 Å². The van der Waals surface area contributed by atoms with Crippen molar-refractivity contribution in [3.05, 3.63) is 87.1 Å². The van der Waals surface area contributed by atoms with Gasteiger partial charge in [0, 0.05) is 17.7 Å². The smallest absolute Gasteiger partial charge is 0.352 e. The molecule has 0 saturated carbocycles. The molecule has 0 bridgehead atoms. The number of rotatable bonds is 5. The summed E-state index contributed by atoms with van der Waals surface area (Å²) in [6, 6.07) is 12.6. The first-order chi connectivity index (χ1) is 14.0. The first-order valence-electron chi connectivity index (χ1n) is 8.34. The largest absolute Gasteiger partial charge is 0.477 e. The number of nitro benzene ring substituents is 1. The molecule has 4 rings (SSSR count). The first kappa shape index (κ1) is 18.0. The lowest BCUT2D eigenvalue weighted by atomic mass is 9.89. The number of benzene rings is 2. The van der Waals surface area contributed by atoms with E-state index in [9.17, 15) is 24.8 Å². The Bertz CT molecular complexity index is 1170. The molecule has 0 fully saturated rings. The fraction of sp³-hybridized carbons (Fsp3) is 0.0556. The van der Waals surface area contributed by atoms with Gasteiger partial charge in [-0.1, -0.05) is 47.6 Å². The zero-order chi connectivity index (χ0) is 20.5. The Morgan fingerprint density at radius 2 is 1.90 bits per heavy atom. The van der Waals surface area contributed by atoms with Crippen molar-refractivity contribution in [1.29, 1.82) is 0 Å². The Morgan fingerprint density at radius 3 is 2.59 bits per heavy atom. The third kappa shape index (κ3) is 3.10. The number of carboxylic acid groups (broad SMARTS) is 1. The molecule has 144 valence electrons. The van der Waals surface area contributed by atoms with Gasteiger partial charge in [0.25, 0.3) is 5.69 Å². The Kier molecular flexibility index (Phi) is 4.31. The Morgan fingerprint density at radius 1 is 1.14 bits per heavy atom. The van der Waals surface area contributed by atoms with Crippen LogP contribution in [0.4, 0.5) is 11.6 Å². The molecule has 0 radical (unpaired) electrons. The zero-order valence-electron chi connectivity index (χ0n) is 14.6. The normalized spacial score (nSPS) is 15.4. The minimum atomic E-state index is -1.38. The van der Waals surface area contributed by atoms with Crippen LogP contribution in [0.2, 0.25) is 0 Å². The lowest BCUT2D eigenvalue weighted by molar-refractivity contribution is -0.384. The summed E-state index contributed by atoms with van der Waals surface area (Å²) in [7, 11) is 0. The second-order valence-electron chi connectivity index (χ2n) is 6.12. The van der Waals surface area contributed by atoms with Crippen molar-refractivity contribution >= 4 is 23.4 Å². The lowest BCUT2D eigenvalue weighted by Crippen LogP contribution is -2.32. The highest BCUT2D eigenvalue weighted by Crippen LogP contribution is 2.37. The minimum Gasteiger partial charge on any atom is -0.477 e. The molecule has 11 nitrogen and oxygen atoms in total. The van der Waals surface area contributed by atoms with E-state index in [1.54, 1.807) is 36.4 Å². The molecule has 2 heterocycles. The highest BCUT2D eigenvalue weighted by molar-refractivity contribution is 6.14. The Labute approximate surface area is 162 Å². The Balaban J connectivity index is 1.96. The zero-order valence-corrected chi connectivity index (χ0v) is 14.6. The summed E-state index contributed by atoms with van der Waals surface area (Å²) in [6.45, 7) is 0. The number of non-ortho nitro benzene ring substituents is 1. The second-order valence-corrected chi connectivity index (χ2v) is 6.12. The van der Waals surface area contributed by atoms with E-state index in [0.29, 0.717) is 5.56 Å². The number of aromatic nitrogens is 4. The number of hydrogen-bond acceptors (Lipinski definition) is 8.